The summed E-state index contributed by atoms with van der Waals surface area (Å²) in [7, 11) is 0. The van der Waals surface area contributed by atoms with E-state index in [1.54, 1.807) is 12.1 Å². The highest BCUT2D eigenvalue weighted by molar-refractivity contribution is 7.99. The first-order valence-corrected chi connectivity index (χ1v) is 10.8. The second-order valence-electron chi connectivity index (χ2n) is 6.92. The quantitative estimate of drug-likeness (QED) is 0.360. The van der Waals surface area contributed by atoms with Crippen molar-refractivity contribution >= 4 is 35.0 Å². The number of rotatable bonds is 5. The number of carbonyl (C=O) groups excluding carboxylic acids is 1. The molecule has 0 unspecified atom stereocenters. The molecule has 1 amide bonds. The average molecular weight is 434 g/mol. The van der Waals surface area contributed by atoms with Crippen LogP contribution >= 0.6 is 23.4 Å². The first-order chi connectivity index (χ1) is 14.7. The normalized spacial score (nSPS) is 11.8. The number of amides is 1. The van der Waals surface area contributed by atoms with Gasteiger partial charge in [0, 0.05) is 16.3 Å². The van der Waals surface area contributed by atoms with Gasteiger partial charge >= 0.3 is 0 Å². The highest BCUT2D eigenvalue weighted by atomic mass is 35.5. The first-order valence-electron chi connectivity index (χ1n) is 9.39. The molecule has 0 aliphatic heterocycles. The fraction of sp³-hybridized carbons (Fsp3) is 0.0870. The third-order valence-electron chi connectivity index (χ3n) is 4.90. The van der Waals surface area contributed by atoms with Gasteiger partial charge in [-0.3, -0.25) is 4.79 Å². The Morgan fingerprint density at radius 3 is 2.67 bits per heavy atom. The molecule has 7 heteroatoms. The maximum Gasteiger partial charge on any atom is 0.277 e. The summed E-state index contributed by atoms with van der Waals surface area (Å²) in [6.45, 7) is 0. The van der Waals surface area contributed by atoms with Gasteiger partial charge in [0.25, 0.3) is 5.22 Å². The summed E-state index contributed by atoms with van der Waals surface area (Å²) >= 11 is 7.10. The number of thioether (sulfide) groups is 1. The molecule has 0 bridgehead atoms. The minimum Gasteiger partial charge on any atom is -0.411 e. The number of aromatic nitrogens is 2. The van der Waals surface area contributed by atoms with Crippen molar-refractivity contribution in [3.63, 3.8) is 0 Å². The molecule has 1 aromatic heterocycles. The number of benzene rings is 3. The van der Waals surface area contributed by atoms with E-state index >= 15 is 0 Å². The fourth-order valence-electron chi connectivity index (χ4n) is 3.52. The van der Waals surface area contributed by atoms with Crippen LogP contribution < -0.4 is 5.32 Å². The van der Waals surface area contributed by atoms with Gasteiger partial charge in [-0.1, -0.05) is 53.7 Å². The monoisotopic (exact) mass is 433 g/mol. The largest absolute Gasteiger partial charge is 0.411 e. The van der Waals surface area contributed by atoms with Gasteiger partial charge in [-0.05, 0) is 65.1 Å². The number of hydrogen-bond donors (Lipinski definition) is 1. The highest BCUT2D eigenvalue weighted by Gasteiger charge is 2.18. The smallest absolute Gasteiger partial charge is 0.277 e. The van der Waals surface area contributed by atoms with E-state index in [0.29, 0.717) is 16.1 Å². The molecule has 4 aromatic rings. The zero-order chi connectivity index (χ0) is 20.5. The summed E-state index contributed by atoms with van der Waals surface area (Å²) in [6.07, 6.45) is 0.888. The molecular formula is C23H16ClN3O2S. The topological polar surface area (TPSA) is 68.0 Å². The van der Waals surface area contributed by atoms with E-state index in [4.69, 9.17) is 16.0 Å². The van der Waals surface area contributed by atoms with Gasteiger partial charge in [-0.15, -0.1) is 10.2 Å². The van der Waals surface area contributed by atoms with Crippen LogP contribution in [0.5, 0.6) is 0 Å². The second-order valence-corrected chi connectivity index (χ2v) is 8.29. The van der Waals surface area contributed by atoms with Crippen LogP contribution in [-0.2, 0) is 11.2 Å². The fourth-order valence-corrected chi connectivity index (χ4v) is 4.21. The highest BCUT2D eigenvalue weighted by Crippen LogP contribution is 2.37. The molecule has 0 fully saturated rings. The molecule has 1 heterocycles. The molecule has 148 valence electrons. The summed E-state index contributed by atoms with van der Waals surface area (Å²) in [4.78, 5) is 12.4. The Hall–Kier alpha value is -3.09. The number of anilines is 1. The van der Waals surface area contributed by atoms with Crippen molar-refractivity contribution in [1.29, 1.82) is 0 Å². The van der Waals surface area contributed by atoms with Crippen molar-refractivity contribution in [3.05, 3.63) is 82.9 Å². The molecule has 0 spiro atoms. The van der Waals surface area contributed by atoms with Crippen LogP contribution in [0.4, 0.5) is 5.69 Å². The standard InChI is InChI=1S/C23H16ClN3O2S/c24-17-7-5-14(6-8-17)22-26-27-23(29-22)30-13-21(28)25-18-9-10-20-16(12-18)11-15-3-1-2-4-19(15)20/h1-10,12H,11,13H2,(H,25,28). The van der Waals surface area contributed by atoms with Crippen molar-refractivity contribution in [1.82, 2.24) is 10.2 Å². The summed E-state index contributed by atoms with van der Waals surface area (Å²) in [5.74, 6) is 0.453. The number of fused-ring (bicyclic) bond motifs is 3. The second kappa shape index (κ2) is 7.97. The van der Waals surface area contributed by atoms with Gasteiger partial charge in [0.05, 0.1) is 5.75 Å². The first kappa shape index (κ1) is 18.9. The summed E-state index contributed by atoms with van der Waals surface area (Å²) in [5.41, 5.74) is 6.62. The molecule has 30 heavy (non-hydrogen) atoms. The van der Waals surface area contributed by atoms with Crippen LogP contribution in [-0.4, -0.2) is 21.9 Å². The Labute approximate surface area is 182 Å². The van der Waals surface area contributed by atoms with Crippen molar-refractivity contribution in [2.45, 2.75) is 11.6 Å². The molecule has 5 rings (SSSR count). The van der Waals surface area contributed by atoms with Crippen molar-refractivity contribution < 1.29 is 9.21 Å². The third kappa shape index (κ3) is 3.84. The van der Waals surface area contributed by atoms with E-state index in [1.807, 2.05) is 24.3 Å². The number of hydrogen-bond acceptors (Lipinski definition) is 5. The van der Waals surface area contributed by atoms with E-state index < -0.39 is 0 Å². The van der Waals surface area contributed by atoms with Crippen LogP contribution in [0.3, 0.4) is 0 Å². The average Bonchev–Trinajstić information content (AvgIpc) is 3.37. The summed E-state index contributed by atoms with van der Waals surface area (Å²) in [5, 5.41) is 12.0. The van der Waals surface area contributed by atoms with Crippen LogP contribution in [0.15, 0.2) is 76.4 Å². The van der Waals surface area contributed by atoms with Crippen LogP contribution in [0, 0.1) is 0 Å². The lowest BCUT2D eigenvalue weighted by Gasteiger charge is -2.07. The summed E-state index contributed by atoms with van der Waals surface area (Å²) < 4.78 is 5.62. The number of nitrogens with zero attached hydrogens (tertiary/aromatic N) is 2. The number of nitrogens with one attached hydrogen (secondary N) is 1. The zero-order valence-corrected chi connectivity index (χ0v) is 17.3. The van der Waals surface area contributed by atoms with E-state index in [2.05, 4.69) is 45.8 Å². The lowest BCUT2D eigenvalue weighted by Crippen LogP contribution is -2.14. The maximum atomic E-state index is 12.4. The SMILES string of the molecule is O=C(CSc1nnc(-c2ccc(Cl)cc2)o1)Nc1ccc2c(c1)Cc1ccccc1-2. The summed E-state index contributed by atoms with van der Waals surface area (Å²) in [6, 6.07) is 21.6. The lowest BCUT2D eigenvalue weighted by atomic mass is 10.1. The van der Waals surface area contributed by atoms with E-state index in [-0.39, 0.29) is 11.7 Å². The Kier molecular flexibility index (Phi) is 5.02. The Bertz CT molecular complexity index is 1240. The predicted molar refractivity (Wildman–Crippen MR) is 119 cm³/mol. The van der Waals surface area contributed by atoms with Gasteiger partial charge in [0.1, 0.15) is 0 Å². The molecule has 0 saturated carbocycles. The van der Waals surface area contributed by atoms with E-state index in [9.17, 15) is 4.79 Å². The molecule has 0 saturated heterocycles. The molecule has 5 nitrogen and oxygen atoms in total. The molecular weight excluding hydrogens is 418 g/mol. The van der Waals surface area contributed by atoms with E-state index in [0.717, 1.165) is 17.7 Å². The number of carbonyl (C=O) groups is 1. The molecule has 1 aliphatic rings. The third-order valence-corrected chi connectivity index (χ3v) is 5.97. The molecule has 0 atom stereocenters. The van der Waals surface area contributed by atoms with Gasteiger partial charge in [-0.2, -0.15) is 0 Å². The van der Waals surface area contributed by atoms with Gasteiger partial charge in [-0.25, -0.2) is 0 Å². The minimum atomic E-state index is -0.123. The van der Waals surface area contributed by atoms with Crippen LogP contribution in [0.1, 0.15) is 11.1 Å². The lowest BCUT2D eigenvalue weighted by molar-refractivity contribution is -0.113. The predicted octanol–water partition coefficient (Wildman–Crippen LogP) is 5.69. The molecule has 1 aliphatic carbocycles. The number of halogens is 1. The molecule has 3 aromatic carbocycles. The van der Waals surface area contributed by atoms with Crippen molar-refractivity contribution in [2.24, 2.45) is 0 Å². The van der Waals surface area contributed by atoms with Gasteiger partial charge in [0.2, 0.25) is 11.8 Å². The van der Waals surface area contributed by atoms with E-state index in [1.165, 1.54) is 34.0 Å². The van der Waals surface area contributed by atoms with Crippen LogP contribution in [0.25, 0.3) is 22.6 Å². The Morgan fingerprint density at radius 1 is 1.00 bits per heavy atom. The minimum absolute atomic E-state index is 0.123. The van der Waals surface area contributed by atoms with Gasteiger partial charge in [0.15, 0.2) is 0 Å². The Morgan fingerprint density at radius 2 is 1.80 bits per heavy atom. The van der Waals surface area contributed by atoms with Crippen molar-refractivity contribution in [3.8, 4) is 22.6 Å². The van der Waals surface area contributed by atoms with Gasteiger partial charge < -0.3 is 9.73 Å². The molecule has 0 radical (unpaired) electrons. The van der Waals surface area contributed by atoms with Crippen molar-refractivity contribution in [2.75, 3.05) is 11.1 Å². The Balaban J connectivity index is 1.20. The van der Waals surface area contributed by atoms with Crippen LogP contribution in [0.2, 0.25) is 5.02 Å². The molecule has 1 N–H and O–H groups in total. The maximum absolute atomic E-state index is 12.4. The zero-order valence-electron chi connectivity index (χ0n) is 15.8.